The molecule has 22 heavy (non-hydrogen) atoms. The van der Waals surface area contributed by atoms with Crippen molar-refractivity contribution < 1.29 is 18.7 Å². The third-order valence-corrected chi connectivity index (χ3v) is 2.74. The first-order valence-electron chi connectivity index (χ1n) is 6.82. The van der Waals surface area contributed by atoms with Gasteiger partial charge < -0.3 is 9.47 Å². The Kier molecular flexibility index (Phi) is 4.09. The first-order valence-corrected chi connectivity index (χ1v) is 6.82. The van der Waals surface area contributed by atoms with Gasteiger partial charge in [-0.05, 0) is 39.7 Å². The van der Waals surface area contributed by atoms with E-state index in [1.807, 2.05) is 0 Å². The molecule has 0 N–H and O–H groups in total. The Hall–Kier alpha value is -2.55. The second kappa shape index (κ2) is 5.68. The van der Waals surface area contributed by atoms with E-state index >= 15 is 0 Å². The van der Waals surface area contributed by atoms with E-state index in [9.17, 15) is 9.18 Å². The normalized spacial score (nSPS) is 11.3. The van der Waals surface area contributed by atoms with Gasteiger partial charge in [0.1, 0.15) is 11.3 Å². The molecule has 0 radical (unpaired) electrons. The number of hydrogen-bond acceptors (Lipinski definition) is 4. The topological polar surface area (TPSA) is 53.4 Å². The van der Waals surface area contributed by atoms with Crippen molar-refractivity contribution in [3.05, 3.63) is 23.6 Å². The number of carbonyl (C=O) groups is 1. The molecule has 0 unspecified atom stereocenters. The fourth-order valence-electron chi connectivity index (χ4n) is 1.93. The van der Waals surface area contributed by atoms with Crippen LogP contribution in [-0.4, -0.2) is 28.1 Å². The zero-order chi connectivity index (χ0) is 16.5. The van der Waals surface area contributed by atoms with Crippen molar-refractivity contribution in [2.24, 2.45) is 0 Å². The zero-order valence-electron chi connectivity index (χ0n) is 12.9. The van der Waals surface area contributed by atoms with Crippen LogP contribution in [0.25, 0.3) is 10.9 Å². The lowest BCUT2D eigenvalue weighted by molar-refractivity contribution is 0.0522. The van der Waals surface area contributed by atoms with Gasteiger partial charge in [-0.15, -0.1) is 6.42 Å². The van der Waals surface area contributed by atoms with Crippen LogP contribution in [0.1, 0.15) is 33.4 Å². The fourth-order valence-corrected chi connectivity index (χ4v) is 1.93. The average Bonchev–Trinajstić information content (AvgIpc) is 2.75. The van der Waals surface area contributed by atoms with Crippen molar-refractivity contribution in [2.45, 2.75) is 33.3 Å². The van der Waals surface area contributed by atoms with Crippen LogP contribution in [0, 0.1) is 18.2 Å². The predicted molar refractivity (Wildman–Crippen MR) is 80.4 cm³/mol. The highest BCUT2D eigenvalue weighted by atomic mass is 19.1. The maximum atomic E-state index is 14.0. The number of benzene rings is 1. The van der Waals surface area contributed by atoms with Gasteiger partial charge in [0.15, 0.2) is 11.6 Å². The Bertz CT molecular complexity index is 766. The molecule has 0 saturated heterocycles. The number of carbonyl (C=O) groups excluding carboxylic acids is 1. The summed E-state index contributed by atoms with van der Waals surface area (Å²) in [5.41, 5.74) is -0.177. The van der Waals surface area contributed by atoms with Gasteiger partial charge in [0.2, 0.25) is 0 Å². The van der Waals surface area contributed by atoms with Crippen molar-refractivity contribution in [3.63, 3.8) is 0 Å². The highest BCUT2D eigenvalue weighted by molar-refractivity contribution is 5.92. The Balaban J connectivity index is 2.62. The van der Waals surface area contributed by atoms with Crippen LogP contribution in [0.2, 0.25) is 0 Å². The molecule has 0 aliphatic carbocycles. The molecular formula is C16H17FN2O3. The fraction of sp³-hybridized carbons (Fsp3) is 0.375. The molecule has 0 spiro atoms. The monoisotopic (exact) mass is 304 g/mol. The summed E-state index contributed by atoms with van der Waals surface area (Å²) in [5.74, 6) is 1.81. The van der Waals surface area contributed by atoms with Crippen LogP contribution in [0.15, 0.2) is 12.1 Å². The first-order chi connectivity index (χ1) is 10.3. The molecule has 0 amide bonds. The van der Waals surface area contributed by atoms with Gasteiger partial charge in [0.05, 0.1) is 12.1 Å². The number of ether oxygens (including phenoxy) is 2. The van der Waals surface area contributed by atoms with Crippen LogP contribution in [0.4, 0.5) is 9.18 Å². The van der Waals surface area contributed by atoms with Gasteiger partial charge in [-0.1, -0.05) is 0 Å². The largest absolute Gasteiger partial charge is 0.491 e. The molecular weight excluding hydrogens is 287 g/mol. The lowest BCUT2D eigenvalue weighted by atomic mass is 10.2. The molecule has 2 rings (SSSR count). The van der Waals surface area contributed by atoms with Crippen molar-refractivity contribution in [3.8, 4) is 18.1 Å². The van der Waals surface area contributed by atoms with Crippen LogP contribution in [0.3, 0.4) is 0 Å². The third-order valence-electron chi connectivity index (χ3n) is 2.74. The molecule has 5 nitrogen and oxygen atoms in total. The summed E-state index contributed by atoms with van der Waals surface area (Å²) >= 11 is 0. The van der Waals surface area contributed by atoms with E-state index in [-0.39, 0.29) is 11.4 Å². The van der Waals surface area contributed by atoms with Gasteiger partial charge in [-0.3, -0.25) is 0 Å². The quantitative estimate of drug-likeness (QED) is 0.799. The molecule has 1 heterocycles. The minimum Gasteiger partial charge on any atom is -0.491 e. The van der Waals surface area contributed by atoms with E-state index in [1.165, 1.54) is 12.1 Å². The number of hydrogen-bond donors (Lipinski definition) is 0. The standard InChI is InChI=1S/C16H17FN2O3/c1-6-12-10-8-11(17)14(21-7-2)9-13(10)19(18-12)15(20)22-16(3,4)5/h1,8-9H,7H2,2-5H3. The molecule has 1 aromatic carbocycles. The lowest BCUT2D eigenvalue weighted by Gasteiger charge is -2.19. The van der Waals surface area contributed by atoms with Crippen molar-refractivity contribution >= 4 is 17.0 Å². The molecule has 2 aromatic rings. The number of fused-ring (bicyclic) bond motifs is 1. The zero-order valence-corrected chi connectivity index (χ0v) is 12.9. The van der Waals surface area contributed by atoms with E-state index in [0.717, 1.165) is 4.68 Å². The third kappa shape index (κ3) is 3.03. The summed E-state index contributed by atoms with van der Waals surface area (Å²) in [4.78, 5) is 12.2. The molecule has 0 aliphatic rings. The Morgan fingerprint density at radius 2 is 2.14 bits per heavy atom. The smallest absolute Gasteiger partial charge is 0.435 e. The highest BCUT2D eigenvalue weighted by Gasteiger charge is 2.23. The molecule has 0 aliphatic heterocycles. The first kappa shape index (κ1) is 15.8. The van der Waals surface area contributed by atoms with E-state index in [1.54, 1.807) is 27.7 Å². The van der Waals surface area contributed by atoms with E-state index in [2.05, 4.69) is 11.0 Å². The van der Waals surface area contributed by atoms with Gasteiger partial charge in [-0.25, -0.2) is 9.18 Å². The summed E-state index contributed by atoms with van der Waals surface area (Å²) < 4.78 is 25.5. The summed E-state index contributed by atoms with van der Waals surface area (Å²) in [6, 6.07) is 2.61. The van der Waals surface area contributed by atoms with Crippen LogP contribution < -0.4 is 4.74 Å². The minimum absolute atomic E-state index is 0.0308. The number of terminal acetylenes is 1. The molecule has 0 atom stereocenters. The van der Waals surface area contributed by atoms with Gasteiger partial charge in [-0.2, -0.15) is 9.78 Å². The minimum atomic E-state index is -0.687. The van der Waals surface area contributed by atoms with Gasteiger partial charge in [0.25, 0.3) is 0 Å². The van der Waals surface area contributed by atoms with E-state index in [4.69, 9.17) is 15.9 Å². The highest BCUT2D eigenvalue weighted by Crippen LogP contribution is 2.27. The molecule has 1 aromatic heterocycles. The Morgan fingerprint density at radius 3 is 2.68 bits per heavy atom. The van der Waals surface area contributed by atoms with E-state index < -0.39 is 17.5 Å². The van der Waals surface area contributed by atoms with Crippen molar-refractivity contribution in [2.75, 3.05) is 6.61 Å². The predicted octanol–water partition coefficient (Wildman–Crippen LogP) is 3.34. The molecule has 0 fully saturated rings. The van der Waals surface area contributed by atoms with Crippen LogP contribution in [-0.2, 0) is 4.74 Å². The molecule has 6 heteroatoms. The summed E-state index contributed by atoms with van der Waals surface area (Å²) in [5, 5.41) is 4.37. The lowest BCUT2D eigenvalue weighted by Crippen LogP contribution is -2.27. The van der Waals surface area contributed by atoms with Crippen LogP contribution in [0.5, 0.6) is 5.75 Å². The van der Waals surface area contributed by atoms with Gasteiger partial charge >= 0.3 is 6.09 Å². The second-order valence-corrected chi connectivity index (χ2v) is 5.62. The van der Waals surface area contributed by atoms with Crippen molar-refractivity contribution in [1.29, 1.82) is 0 Å². The second-order valence-electron chi connectivity index (χ2n) is 5.62. The maximum absolute atomic E-state index is 14.0. The number of rotatable bonds is 2. The number of halogens is 1. The average molecular weight is 304 g/mol. The van der Waals surface area contributed by atoms with E-state index in [0.29, 0.717) is 17.5 Å². The summed E-state index contributed by atoms with van der Waals surface area (Å²) in [6.07, 6.45) is 4.68. The summed E-state index contributed by atoms with van der Waals surface area (Å²) in [7, 11) is 0. The SMILES string of the molecule is C#Cc1nn(C(=O)OC(C)(C)C)c2cc(OCC)c(F)cc12. The molecule has 116 valence electrons. The molecule has 0 bridgehead atoms. The number of aromatic nitrogens is 2. The van der Waals surface area contributed by atoms with Crippen LogP contribution >= 0.6 is 0 Å². The Labute approximate surface area is 128 Å². The van der Waals surface area contributed by atoms with Gasteiger partial charge in [0, 0.05) is 11.5 Å². The maximum Gasteiger partial charge on any atom is 0.435 e. The number of nitrogens with zero attached hydrogens (tertiary/aromatic N) is 2. The van der Waals surface area contributed by atoms with Crippen molar-refractivity contribution in [1.82, 2.24) is 9.78 Å². The Morgan fingerprint density at radius 1 is 1.45 bits per heavy atom. The summed E-state index contributed by atoms with van der Waals surface area (Å²) in [6.45, 7) is 7.25. The molecule has 0 saturated carbocycles.